The van der Waals surface area contributed by atoms with Gasteiger partial charge in [0, 0.05) is 18.7 Å². The van der Waals surface area contributed by atoms with Crippen LogP contribution in [0.15, 0.2) is 23.1 Å². The van der Waals surface area contributed by atoms with Gasteiger partial charge in [-0.15, -0.1) is 0 Å². The van der Waals surface area contributed by atoms with Crippen LogP contribution in [-0.2, 0) is 10.0 Å². The van der Waals surface area contributed by atoms with Crippen LogP contribution in [0.4, 0.5) is 5.69 Å². The minimum atomic E-state index is -3.92. The maximum atomic E-state index is 12.2. The standard InChI is InChI=1S/C12H18N2O6S/c1-8(7-15)9(2)13-21(18,19)10-4-5-12(20-3)11(6-10)14(16)17/h4-6,8-9,13,15H,7H2,1-3H3. The molecule has 0 aliphatic rings. The number of nitrogens with one attached hydrogen (secondary N) is 1. The van der Waals surface area contributed by atoms with Crippen molar-refractivity contribution in [2.75, 3.05) is 13.7 Å². The second-order valence-electron chi connectivity index (χ2n) is 4.66. The zero-order chi connectivity index (χ0) is 16.2. The fourth-order valence-corrected chi connectivity index (χ4v) is 2.94. The Labute approximate surface area is 122 Å². The van der Waals surface area contributed by atoms with E-state index in [4.69, 9.17) is 9.84 Å². The van der Waals surface area contributed by atoms with Crippen LogP contribution in [0.25, 0.3) is 0 Å². The lowest BCUT2D eigenvalue weighted by Gasteiger charge is -2.19. The van der Waals surface area contributed by atoms with Gasteiger partial charge in [-0.25, -0.2) is 13.1 Å². The molecule has 0 saturated carbocycles. The molecule has 2 N–H and O–H groups in total. The second-order valence-corrected chi connectivity index (χ2v) is 6.37. The second kappa shape index (κ2) is 6.83. The van der Waals surface area contributed by atoms with Crippen LogP contribution >= 0.6 is 0 Å². The smallest absolute Gasteiger partial charge is 0.312 e. The number of hydrogen-bond donors (Lipinski definition) is 2. The van der Waals surface area contributed by atoms with Crippen molar-refractivity contribution in [1.29, 1.82) is 0 Å². The summed E-state index contributed by atoms with van der Waals surface area (Å²) in [7, 11) is -2.65. The van der Waals surface area contributed by atoms with Gasteiger partial charge in [-0.1, -0.05) is 6.92 Å². The lowest BCUT2D eigenvalue weighted by atomic mass is 10.1. The molecule has 0 bridgehead atoms. The zero-order valence-corrected chi connectivity index (χ0v) is 12.8. The normalized spacial score (nSPS) is 14.5. The van der Waals surface area contributed by atoms with Crippen molar-refractivity contribution >= 4 is 15.7 Å². The Bertz CT molecular complexity index is 616. The largest absolute Gasteiger partial charge is 0.490 e. The van der Waals surface area contributed by atoms with E-state index in [9.17, 15) is 18.5 Å². The number of rotatable bonds is 7. The lowest BCUT2D eigenvalue weighted by Crippen LogP contribution is -2.38. The number of hydrogen-bond acceptors (Lipinski definition) is 6. The van der Waals surface area contributed by atoms with E-state index < -0.39 is 26.7 Å². The number of methoxy groups -OCH3 is 1. The molecule has 0 heterocycles. The van der Waals surface area contributed by atoms with E-state index in [1.807, 2.05) is 0 Å². The Morgan fingerprint density at radius 3 is 2.52 bits per heavy atom. The molecule has 1 aromatic carbocycles. The number of aliphatic hydroxyl groups is 1. The summed E-state index contributed by atoms with van der Waals surface area (Å²) in [6, 6.07) is 2.88. The quantitative estimate of drug-likeness (QED) is 0.569. The highest BCUT2D eigenvalue weighted by molar-refractivity contribution is 7.89. The van der Waals surface area contributed by atoms with Crippen LogP contribution < -0.4 is 9.46 Å². The molecule has 0 amide bonds. The molecule has 2 unspecified atom stereocenters. The summed E-state index contributed by atoms with van der Waals surface area (Å²) < 4.78 is 31.6. The van der Waals surface area contributed by atoms with Crippen molar-refractivity contribution in [1.82, 2.24) is 4.72 Å². The molecule has 0 aliphatic carbocycles. The van der Waals surface area contributed by atoms with Gasteiger partial charge < -0.3 is 9.84 Å². The highest BCUT2D eigenvalue weighted by atomic mass is 32.2. The Balaban J connectivity index is 3.15. The third-order valence-electron chi connectivity index (χ3n) is 3.14. The number of sulfonamides is 1. The van der Waals surface area contributed by atoms with E-state index in [1.54, 1.807) is 13.8 Å². The highest BCUT2D eigenvalue weighted by Crippen LogP contribution is 2.29. The van der Waals surface area contributed by atoms with Crippen LogP contribution in [0, 0.1) is 16.0 Å². The molecular formula is C12H18N2O6S. The summed E-state index contributed by atoms with van der Waals surface area (Å²) in [5.74, 6) is -0.302. The molecule has 2 atom stereocenters. The maximum Gasteiger partial charge on any atom is 0.312 e. The van der Waals surface area contributed by atoms with Gasteiger partial charge in [0.1, 0.15) is 0 Å². The van der Waals surface area contributed by atoms with Crippen LogP contribution in [-0.4, -0.2) is 38.2 Å². The highest BCUT2D eigenvalue weighted by Gasteiger charge is 2.24. The first-order valence-corrected chi connectivity index (χ1v) is 7.67. The predicted molar refractivity (Wildman–Crippen MR) is 75.7 cm³/mol. The topological polar surface area (TPSA) is 119 Å². The first-order chi connectivity index (χ1) is 9.72. The van der Waals surface area contributed by atoms with E-state index in [0.29, 0.717) is 0 Å². The molecule has 8 nitrogen and oxygen atoms in total. The molecule has 0 fully saturated rings. The first-order valence-electron chi connectivity index (χ1n) is 6.18. The van der Waals surface area contributed by atoms with Gasteiger partial charge in [-0.2, -0.15) is 0 Å². The van der Waals surface area contributed by atoms with Gasteiger partial charge in [-0.3, -0.25) is 10.1 Å². The van der Waals surface area contributed by atoms with Crippen LogP contribution in [0.3, 0.4) is 0 Å². The van der Waals surface area contributed by atoms with Crippen LogP contribution in [0.2, 0.25) is 0 Å². The summed E-state index contributed by atoms with van der Waals surface area (Å²) >= 11 is 0. The lowest BCUT2D eigenvalue weighted by molar-refractivity contribution is -0.386. The molecule has 0 saturated heterocycles. The van der Waals surface area contributed by atoms with Gasteiger partial charge in [0.25, 0.3) is 0 Å². The van der Waals surface area contributed by atoms with Gasteiger partial charge in [0.15, 0.2) is 5.75 Å². The minimum absolute atomic E-state index is 0.0178. The maximum absolute atomic E-state index is 12.2. The Hall–Kier alpha value is -1.71. The molecular weight excluding hydrogens is 300 g/mol. The molecule has 118 valence electrons. The molecule has 0 spiro atoms. The van der Waals surface area contributed by atoms with Crippen molar-refractivity contribution < 1.29 is 23.2 Å². The average Bonchev–Trinajstić information content (AvgIpc) is 2.44. The minimum Gasteiger partial charge on any atom is -0.490 e. The van der Waals surface area contributed by atoms with Crippen molar-refractivity contribution in [3.8, 4) is 5.75 Å². The monoisotopic (exact) mass is 318 g/mol. The number of aliphatic hydroxyl groups excluding tert-OH is 1. The number of nitro groups is 1. The van der Waals surface area contributed by atoms with E-state index in [0.717, 1.165) is 6.07 Å². The van der Waals surface area contributed by atoms with Gasteiger partial charge in [0.2, 0.25) is 10.0 Å². The van der Waals surface area contributed by atoms with E-state index in [-0.39, 0.29) is 23.2 Å². The molecule has 0 aromatic heterocycles. The Morgan fingerprint density at radius 1 is 1.43 bits per heavy atom. The number of ether oxygens (including phenoxy) is 1. The summed E-state index contributed by atoms with van der Waals surface area (Å²) in [6.07, 6.45) is 0. The molecule has 21 heavy (non-hydrogen) atoms. The Kier molecular flexibility index (Phi) is 5.64. The summed E-state index contributed by atoms with van der Waals surface area (Å²) in [4.78, 5) is 9.97. The van der Waals surface area contributed by atoms with E-state index in [1.165, 1.54) is 19.2 Å². The molecule has 9 heteroatoms. The average molecular weight is 318 g/mol. The fourth-order valence-electron chi connectivity index (χ4n) is 1.57. The summed E-state index contributed by atoms with van der Waals surface area (Å²) in [5.41, 5.74) is -0.428. The van der Waals surface area contributed by atoms with Crippen molar-refractivity contribution in [2.45, 2.75) is 24.8 Å². The zero-order valence-electron chi connectivity index (χ0n) is 11.9. The molecule has 1 aromatic rings. The molecule has 0 aliphatic heterocycles. The fraction of sp³-hybridized carbons (Fsp3) is 0.500. The van der Waals surface area contributed by atoms with E-state index >= 15 is 0 Å². The van der Waals surface area contributed by atoms with Gasteiger partial charge >= 0.3 is 5.69 Å². The Morgan fingerprint density at radius 2 is 2.05 bits per heavy atom. The number of benzene rings is 1. The number of nitrogens with zero attached hydrogens (tertiary/aromatic N) is 1. The predicted octanol–water partition coefficient (Wildman–Crippen LogP) is 0.899. The van der Waals surface area contributed by atoms with Gasteiger partial charge in [0.05, 0.1) is 16.9 Å². The van der Waals surface area contributed by atoms with E-state index in [2.05, 4.69) is 4.72 Å². The third kappa shape index (κ3) is 4.13. The van der Waals surface area contributed by atoms with Crippen molar-refractivity contribution in [3.63, 3.8) is 0 Å². The summed E-state index contributed by atoms with van der Waals surface area (Å²) in [6.45, 7) is 3.12. The SMILES string of the molecule is COc1ccc(S(=O)(=O)NC(C)C(C)CO)cc1[N+](=O)[O-]. The van der Waals surface area contributed by atoms with Gasteiger partial charge in [-0.05, 0) is 25.0 Å². The summed E-state index contributed by atoms with van der Waals surface area (Å²) in [5, 5.41) is 19.9. The molecule has 0 radical (unpaired) electrons. The first kappa shape index (κ1) is 17.3. The van der Waals surface area contributed by atoms with Crippen molar-refractivity contribution in [3.05, 3.63) is 28.3 Å². The third-order valence-corrected chi connectivity index (χ3v) is 4.70. The molecule has 1 rings (SSSR count). The number of nitro benzene ring substituents is 1. The van der Waals surface area contributed by atoms with Crippen LogP contribution in [0.1, 0.15) is 13.8 Å². The van der Waals surface area contributed by atoms with Crippen LogP contribution in [0.5, 0.6) is 5.75 Å². The van der Waals surface area contributed by atoms with Crippen molar-refractivity contribution in [2.24, 2.45) is 5.92 Å².